The van der Waals surface area contributed by atoms with E-state index in [1.807, 2.05) is 0 Å². The minimum atomic E-state index is -4.06. The third kappa shape index (κ3) is 5.33. The Hall–Kier alpha value is -2.32. The number of hydrogen-bond acceptors (Lipinski definition) is 8. The van der Waals surface area contributed by atoms with Crippen LogP contribution in [0.1, 0.15) is 24.9 Å². The van der Waals surface area contributed by atoms with Crippen molar-refractivity contribution in [2.45, 2.75) is 25.4 Å². The fraction of sp³-hybridized carbons (Fsp3) is 0.350. The van der Waals surface area contributed by atoms with E-state index in [9.17, 15) is 22.0 Å². The van der Waals surface area contributed by atoms with E-state index in [1.54, 1.807) is 18.1 Å². The molecular weight excluding hydrogens is 512 g/mol. The van der Waals surface area contributed by atoms with Gasteiger partial charge in [-0.15, -0.1) is 11.8 Å². The molecule has 0 spiro atoms. The molecule has 184 valence electrons. The van der Waals surface area contributed by atoms with E-state index in [4.69, 9.17) is 21.5 Å². The largest absolute Gasteiger partial charge is 0.466 e. The highest BCUT2D eigenvalue weighted by molar-refractivity contribution is 8.15. The van der Waals surface area contributed by atoms with Crippen LogP contribution in [0, 0.1) is 11.6 Å². The van der Waals surface area contributed by atoms with E-state index >= 15 is 0 Å². The predicted molar refractivity (Wildman–Crippen MR) is 128 cm³/mol. The first-order valence-corrected chi connectivity index (χ1v) is 12.9. The number of carbonyl (C=O) groups excluding carboxylic acids is 1. The van der Waals surface area contributed by atoms with Gasteiger partial charge in [0.2, 0.25) is 0 Å². The van der Waals surface area contributed by atoms with Crippen molar-refractivity contribution < 1.29 is 26.7 Å². The molecule has 3 rings (SSSR count). The first-order chi connectivity index (χ1) is 15.9. The highest BCUT2D eigenvalue weighted by Crippen LogP contribution is 2.42. The second-order valence-electron chi connectivity index (χ2n) is 7.50. The maximum Gasteiger partial charge on any atom is 0.338 e. The summed E-state index contributed by atoms with van der Waals surface area (Å²) in [6.07, 6.45) is 1.80. The van der Waals surface area contributed by atoms with Crippen molar-refractivity contribution in [2.75, 3.05) is 19.9 Å². The maximum absolute atomic E-state index is 14.3. The molecular formula is C20H22ClF2N5O4S2. The summed E-state index contributed by atoms with van der Waals surface area (Å²) in [6.45, 7) is 5.53. The zero-order valence-corrected chi connectivity index (χ0v) is 20.8. The van der Waals surface area contributed by atoms with Gasteiger partial charge in [0, 0.05) is 36.0 Å². The summed E-state index contributed by atoms with van der Waals surface area (Å²) in [6, 6.07) is 0.235. The number of esters is 1. The molecule has 14 heteroatoms. The summed E-state index contributed by atoms with van der Waals surface area (Å²) in [7, 11) is -2.90. The van der Waals surface area contributed by atoms with Crippen LogP contribution < -0.4 is 9.86 Å². The average Bonchev–Trinajstić information content (AvgIpc) is 3.15. The van der Waals surface area contributed by atoms with E-state index in [1.165, 1.54) is 17.8 Å². The Balaban J connectivity index is 2.29. The highest BCUT2D eigenvalue weighted by Gasteiger charge is 2.43. The Morgan fingerprint density at radius 2 is 2.12 bits per heavy atom. The van der Waals surface area contributed by atoms with Gasteiger partial charge in [0.1, 0.15) is 11.1 Å². The molecule has 2 atom stereocenters. The standard InChI is InChI=1S/C20H22ClF2N5O4S2/c1-9(2)25-19(33-4)18-26-17(11-5-6-12(22)16(23)15(11)21)14(20(29)32-3)13-7-10(8-28(13)18)27-34(24,30)31/h5-6,10,17,27H,1,7-8H2,2-4H3,(H2,24,30,31)/b25-19-/t10-,17+/m0/s1. The SMILES string of the molecule is C=C(C)/N=C(\SC)C1=N[C@H](c2ccc(F)c(F)c2Cl)C(C(=O)OC)=C2C[C@H](NS(N)(=O)=O)CN12. The van der Waals surface area contributed by atoms with Crippen molar-refractivity contribution in [1.82, 2.24) is 9.62 Å². The molecule has 9 nitrogen and oxygen atoms in total. The van der Waals surface area contributed by atoms with Gasteiger partial charge in [-0.2, -0.15) is 13.1 Å². The van der Waals surface area contributed by atoms with Crippen molar-refractivity contribution in [3.8, 4) is 0 Å². The number of methoxy groups -OCH3 is 1. The molecule has 0 aliphatic carbocycles. The number of amidine groups is 1. The van der Waals surface area contributed by atoms with E-state index in [-0.39, 0.29) is 29.9 Å². The topological polar surface area (TPSA) is 126 Å². The van der Waals surface area contributed by atoms with Crippen molar-refractivity contribution in [3.05, 3.63) is 57.9 Å². The maximum atomic E-state index is 14.3. The predicted octanol–water partition coefficient (Wildman–Crippen LogP) is 2.66. The number of fused-ring (bicyclic) bond motifs is 1. The van der Waals surface area contributed by atoms with Crippen LogP contribution in [0.3, 0.4) is 0 Å². The van der Waals surface area contributed by atoms with Gasteiger partial charge in [0.15, 0.2) is 17.5 Å². The lowest BCUT2D eigenvalue weighted by Crippen LogP contribution is -2.43. The van der Waals surface area contributed by atoms with Gasteiger partial charge in [0.25, 0.3) is 10.2 Å². The summed E-state index contributed by atoms with van der Waals surface area (Å²) in [4.78, 5) is 23.5. The van der Waals surface area contributed by atoms with Crippen LogP contribution in [0.25, 0.3) is 0 Å². The molecule has 3 N–H and O–H groups in total. The summed E-state index contributed by atoms with van der Waals surface area (Å²) in [5.41, 5.74) is 0.877. The fourth-order valence-electron chi connectivity index (χ4n) is 3.78. The van der Waals surface area contributed by atoms with E-state index < -0.39 is 44.9 Å². The minimum Gasteiger partial charge on any atom is -0.466 e. The zero-order valence-electron chi connectivity index (χ0n) is 18.4. The number of nitrogens with zero attached hydrogens (tertiary/aromatic N) is 3. The summed E-state index contributed by atoms with van der Waals surface area (Å²) in [5.74, 6) is -2.95. The van der Waals surface area contributed by atoms with Gasteiger partial charge in [0.05, 0.1) is 17.7 Å². The Morgan fingerprint density at radius 1 is 1.44 bits per heavy atom. The molecule has 1 saturated heterocycles. The number of ether oxygens (including phenoxy) is 1. The number of carbonyl (C=O) groups is 1. The average molecular weight is 534 g/mol. The molecule has 34 heavy (non-hydrogen) atoms. The third-order valence-electron chi connectivity index (χ3n) is 5.03. The Labute approximate surface area is 205 Å². The second-order valence-corrected chi connectivity index (χ2v) is 10.0. The van der Waals surface area contributed by atoms with E-state index in [2.05, 4.69) is 21.3 Å². The molecule has 0 unspecified atom stereocenters. The zero-order chi connectivity index (χ0) is 25.4. The number of aliphatic imine (C=N–C) groups is 2. The molecule has 0 bridgehead atoms. The van der Waals surface area contributed by atoms with Crippen LogP contribution in [0.5, 0.6) is 0 Å². The Morgan fingerprint density at radius 3 is 2.68 bits per heavy atom. The molecule has 1 aromatic rings. The second kappa shape index (κ2) is 10.1. The van der Waals surface area contributed by atoms with Gasteiger partial charge >= 0.3 is 5.97 Å². The molecule has 1 fully saturated rings. The van der Waals surface area contributed by atoms with Crippen LogP contribution in [0.4, 0.5) is 8.78 Å². The highest BCUT2D eigenvalue weighted by atomic mass is 35.5. The molecule has 0 saturated carbocycles. The van der Waals surface area contributed by atoms with E-state index in [0.29, 0.717) is 16.4 Å². The molecule has 2 aliphatic heterocycles. The van der Waals surface area contributed by atoms with Crippen LogP contribution in [-0.4, -0.2) is 56.1 Å². The van der Waals surface area contributed by atoms with Crippen molar-refractivity contribution in [2.24, 2.45) is 15.1 Å². The van der Waals surface area contributed by atoms with Crippen LogP contribution in [0.2, 0.25) is 5.02 Å². The van der Waals surface area contributed by atoms with Crippen LogP contribution in [0.15, 0.2) is 45.7 Å². The quantitative estimate of drug-likeness (QED) is 0.250. The molecule has 0 aromatic heterocycles. The first-order valence-electron chi connectivity index (χ1n) is 9.76. The summed E-state index contributed by atoms with van der Waals surface area (Å²) < 4.78 is 58.7. The lowest BCUT2D eigenvalue weighted by atomic mass is 9.94. The summed E-state index contributed by atoms with van der Waals surface area (Å²) >= 11 is 7.36. The molecule has 0 amide bonds. The normalized spacial score (nSPS) is 20.9. The number of benzene rings is 1. The molecule has 2 heterocycles. The number of nitrogens with two attached hydrogens (primary N) is 1. The van der Waals surface area contributed by atoms with Gasteiger partial charge in [-0.05, 0) is 19.2 Å². The number of halogens is 3. The number of thioether (sulfide) groups is 1. The lowest BCUT2D eigenvalue weighted by molar-refractivity contribution is -0.136. The van der Waals surface area contributed by atoms with Crippen LogP contribution >= 0.6 is 23.4 Å². The van der Waals surface area contributed by atoms with Gasteiger partial charge in [-0.1, -0.05) is 24.2 Å². The van der Waals surface area contributed by atoms with E-state index in [0.717, 1.165) is 13.2 Å². The van der Waals surface area contributed by atoms with Crippen molar-refractivity contribution >= 4 is 50.4 Å². The molecule has 0 radical (unpaired) electrons. The smallest absolute Gasteiger partial charge is 0.338 e. The van der Waals surface area contributed by atoms with Crippen molar-refractivity contribution in [3.63, 3.8) is 0 Å². The number of hydrogen-bond donors (Lipinski definition) is 2. The minimum absolute atomic E-state index is 0.00801. The first kappa shape index (κ1) is 26.3. The van der Waals surface area contributed by atoms with Crippen molar-refractivity contribution in [1.29, 1.82) is 0 Å². The summed E-state index contributed by atoms with van der Waals surface area (Å²) in [5, 5.41) is 5.02. The van der Waals surface area contributed by atoms with Gasteiger partial charge < -0.3 is 9.64 Å². The van der Waals surface area contributed by atoms with Crippen LogP contribution in [-0.2, 0) is 19.7 Å². The Bertz CT molecular complexity index is 1250. The molecule has 2 aliphatic rings. The molecule has 1 aromatic carbocycles. The number of allylic oxidation sites excluding steroid dienone is 1. The Kier molecular flexibility index (Phi) is 7.82. The number of nitrogens with one attached hydrogen (secondary N) is 1. The lowest BCUT2D eigenvalue weighted by Gasteiger charge is -2.32. The fourth-order valence-corrected chi connectivity index (χ4v) is 5.25. The number of rotatable bonds is 6. The third-order valence-corrected chi connectivity index (χ3v) is 6.74. The van der Waals surface area contributed by atoms with Gasteiger partial charge in [-0.25, -0.2) is 23.7 Å². The monoisotopic (exact) mass is 533 g/mol. The van der Waals surface area contributed by atoms with Gasteiger partial charge in [-0.3, -0.25) is 4.99 Å².